The molecule has 0 saturated heterocycles. The summed E-state index contributed by atoms with van der Waals surface area (Å²) in [7, 11) is 4.75. The van der Waals surface area contributed by atoms with Gasteiger partial charge in [-0.15, -0.1) is 6.58 Å². The molecule has 0 bridgehead atoms. The number of benzene rings is 2. The number of ether oxygens (including phenoxy) is 4. The lowest BCUT2D eigenvalue weighted by Gasteiger charge is -2.22. The molecule has 0 aromatic heterocycles. The monoisotopic (exact) mass is 372 g/mol. The average molecular weight is 372 g/mol. The molecule has 0 saturated carbocycles. The van der Waals surface area contributed by atoms with Crippen molar-refractivity contribution in [3.8, 4) is 23.0 Å². The molecule has 27 heavy (non-hydrogen) atoms. The number of aliphatic hydroxyl groups excluding tert-OH is 1. The van der Waals surface area contributed by atoms with Gasteiger partial charge in [0.2, 0.25) is 0 Å². The second-order valence-electron chi connectivity index (χ2n) is 6.34. The SMILES string of the molecule is C=CCc1c(C(O)c2ccc(OC)c(OC)c2)ccc(OC)c1OC(C)C. The lowest BCUT2D eigenvalue weighted by atomic mass is 9.93. The highest BCUT2D eigenvalue weighted by molar-refractivity contribution is 5.55. The smallest absolute Gasteiger partial charge is 0.165 e. The van der Waals surface area contributed by atoms with Crippen molar-refractivity contribution in [1.29, 1.82) is 0 Å². The number of aliphatic hydroxyl groups is 1. The van der Waals surface area contributed by atoms with Crippen LogP contribution in [0.3, 0.4) is 0 Å². The maximum atomic E-state index is 11.1. The minimum Gasteiger partial charge on any atom is -0.493 e. The van der Waals surface area contributed by atoms with Crippen LogP contribution in [0.15, 0.2) is 43.0 Å². The standard InChI is InChI=1S/C22H28O5/c1-7-8-17-16(10-12-19(25-5)22(17)27-14(2)3)21(23)15-9-11-18(24-4)20(13-15)26-6/h7,9-14,21,23H,1,8H2,2-6H3. The van der Waals surface area contributed by atoms with Gasteiger partial charge in [-0.05, 0) is 49.6 Å². The van der Waals surface area contributed by atoms with Crippen molar-refractivity contribution >= 4 is 0 Å². The van der Waals surface area contributed by atoms with Gasteiger partial charge in [0.25, 0.3) is 0 Å². The minimum atomic E-state index is -0.861. The third-order valence-corrected chi connectivity index (χ3v) is 4.20. The van der Waals surface area contributed by atoms with E-state index in [1.807, 2.05) is 32.0 Å². The molecule has 2 rings (SSSR count). The number of hydrogen-bond acceptors (Lipinski definition) is 5. The Morgan fingerprint density at radius 1 is 0.963 bits per heavy atom. The van der Waals surface area contributed by atoms with Crippen molar-refractivity contribution in [3.63, 3.8) is 0 Å². The molecule has 0 spiro atoms. The first kappa shape index (κ1) is 20.6. The van der Waals surface area contributed by atoms with Crippen LogP contribution in [0.1, 0.15) is 36.6 Å². The van der Waals surface area contributed by atoms with Gasteiger partial charge < -0.3 is 24.1 Å². The van der Waals surface area contributed by atoms with Gasteiger partial charge in [0, 0.05) is 5.56 Å². The van der Waals surface area contributed by atoms with Crippen molar-refractivity contribution in [2.75, 3.05) is 21.3 Å². The summed E-state index contributed by atoms with van der Waals surface area (Å²) in [5.41, 5.74) is 2.28. The molecule has 0 fully saturated rings. The summed E-state index contributed by atoms with van der Waals surface area (Å²) >= 11 is 0. The van der Waals surface area contributed by atoms with Crippen LogP contribution >= 0.6 is 0 Å². The lowest BCUT2D eigenvalue weighted by Crippen LogP contribution is -2.12. The van der Waals surface area contributed by atoms with E-state index in [0.29, 0.717) is 35.0 Å². The Morgan fingerprint density at radius 2 is 1.59 bits per heavy atom. The highest BCUT2D eigenvalue weighted by Crippen LogP contribution is 2.40. The molecule has 0 heterocycles. The molecular weight excluding hydrogens is 344 g/mol. The first-order valence-corrected chi connectivity index (χ1v) is 8.84. The molecule has 0 amide bonds. The summed E-state index contributed by atoms with van der Waals surface area (Å²) in [6.45, 7) is 7.75. The van der Waals surface area contributed by atoms with E-state index < -0.39 is 6.10 Å². The van der Waals surface area contributed by atoms with Gasteiger partial charge >= 0.3 is 0 Å². The van der Waals surface area contributed by atoms with Gasteiger partial charge in [-0.1, -0.05) is 18.2 Å². The fourth-order valence-electron chi connectivity index (χ4n) is 2.96. The predicted octanol–water partition coefficient (Wildman–Crippen LogP) is 4.31. The van der Waals surface area contributed by atoms with Crippen LogP contribution in [0.5, 0.6) is 23.0 Å². The van der Waals surface area contributed by atoms with Gasteiger partial charge in [-0.25, -0.2) is 0 Å². The topological polar surface area (TPSA) is 57.2 Å². The number of hydrogen-bond donors (Lipinski definition) is 1. The predicted molar refractivity (Wildman–Crippen MR) is 106 cm³/mol. The number of allylic oxidation sites excluding steroid dienone is 1. The van der Waals surface area contributed by atoms with E-state index in [1.165, 1.54) is 0 Å². The first-order chi connectivity index (χ1) is 13.0. The third-order valence-electron chi connectivity index (χ3n) is 4.20. The highest BCUT2D eigenvalue weighted by atomic mass is 16.5. The van der Waals surface area contributed by atoms with Gasteiger partial charge in [0.05, 0.1) is 27.4 Å². The molecule has 0 aliphatic rings. The van der Waals surface area contributed by atoms with Crippen LogP contribution in [0.25, 0.3) is 0 Å². The molecule has 0 radical (unpaired) electrons. The van der Waals surface area contributed by atoms with Crippen LogP contribution < -0.4 is 18.9 Å². The van der Waals surface area contributed by atoms with Crippen LogP contribution in [0.4, 0.5) is 0 Å². The molecule has 1 unspecified atom stereocenters. The fraction of sp³-hybridized carbons (Fsp3) is 0.364. The summed E-state index contributed by atoms with van der Waals surface area (Å²) in [4.78, 5) is 0. The summed E-state index contributed by atoms with van der Waals surface area (Å²) < 4.78 is 22.1. The zero-order valence-corrected chi connectivity index (χ0v) is 16.6. The second kappa shape index (κ2) is 9.33. The highest BCUT2D eigenvalue weighted by Gasteiger charge is 2.22. The van der Waals surface area contributed by atoms with Crippen molar-refractivity contribution < 1.29 is 24.1 Å². The van der Waals surface area contributed by atoms with Crippen molar-refractivity contribution in [2.24, 2.45) is 0 Å². The molecule has 2 aromatic rings. The van der Waals surface area contributed by atoms with E-state index in [4.69, 9.17) is 18.9 Å². The summed E-state index contributed by atoms with van der Waals surface area (Å²) in [6.07, 6.45) is 1.43. The maximum Gasteiger partial charge on any atom is 0.165 e. The Balaban J connectivity index is 2.57. The minimum absolute atomic E-state index is 0.0315. The van der Waals surface area contributed by atoms with Crippen LogP contribution in [-0.2, 0) is 6.42 Å². The Bertz CT molecular complexity index is 783. The number of rotatable bonds is 9. The molecule has 5 nitrogen and oxygen atoms in total. The van der Waals surface area contributed by atoms with E-state index >= 15 is 0 Å². The third kappa shape index (κ3) is 4.55. The summed E-state index contributed by atoms with van der Waals surface area (Å²) in [5.74, 6) is 2.43. The lowest BCUT2D eigenvalue weighted by molar-refractivity contribution is 0.210. The van der Waals surface area contributed by atoms with Crippen molar-refractivity contribution in [3.05, 3.63) is 59.7 Å². The maximum absolute atomic E-state index is 11.1. The first-order valence-electron chi connectivity index (χ1n) is 8.84. The van der Waals surface area contributed by atoms with Crippen LogP contribution in [0, 0.1) is 0 Å². The van der Waals surface area contributed by atoms with Gasteiger partial charge in [-0.2, -0.15) is 0 Å². The number of methoxy groups -OCH3 is 3. The van der Waals surface area contributed by atoms with E-state index in [2.05, 4.69) is 6.58 Å². The fourth-order valence-corrected chi connectivity index (χ4v) is 2.96. The largest absolute Gasteiger partial charge is 0.493 e. The van der Waals surface area contributed by atoms with E-state index in [-0.39, 0.29) is 6.10 Å². The van der Waals surface area contributed by atoms with Crippen LogP contribution in [-0.4, -0.2) is 32.5 Å². The quantitative estimate of drug-likeness (QED) is 0.665. The zero-order valence-electron chi connectivity index (χ0n) is 16.6. The van der Waals surface area contributed by atoms with Crippen LogP contribution in [0.2, 0.25) is 0 Å². The molecule has 5 heteroatoms. The van der Waals surface area contributed by atoms with Crippen molar-refractivity contribution in [1.82, 2.24) is 0 Å². The zero-order chi connectivity index (χ0) is 20.0. The van der Waals surface area contributed by atoms with E-state index in [9.17, 15) is 5.11 Å². The summed E-state index contributed by atoms with van der Waals surface area (Å²) in [6, 6.07) is 9.03. The Kier molecular flexibility index (Phi) is 7.13. The van der Waals surface area contributed by atoms with Gasteiger partial charge in [0.1, 0.15) is 6.10 Å². The van der Waals surface area contributed by atoms with Gasteiger partial charge in [-0.3, -0.25) is 0 Å². The molecule has 1 N–H and O–H groups in total. The Labute approximate surface area is 161 Å². The molecule has 2 aromatic carbocycles. The second-order valence-corrected chi connectivity index (χ2v) is 6.34. The van der Waals surface area contributed by atoms with E-state index in [0.717, 1.165) is 11.1 Å². The van der Waals surface area contributed by atoms with E-state index in [1.54, 1.807) is 39.5 Å². The molecular formula is C22H28O5. The molecule has 1 atom stereocenters. The molecule has 0 aliphatic carbocycles. The molecule has 0 aliphatic heterocycles. The Morgan fingerprint density at radius 3 is 2.15 bits per heavy atom. The normalized spacial score (nSPS) is 11.8. The Hall–Kier alpha value is -2.66. The summed E-state index contributed by atoms with van der Waals surface area (Å²) in [5, 5.41) is 11.1. The van der Waals surface area contributed by atoms with Gasteiger partial charge in [0.15, 0.2) is 23.0 Å². The van der Waals surface area contributed by atoms with Crippen molar-refractivity contribution in [2.45, 2.75) is 32.5 Å². The molecule has 146 valence electrons. The average Bonchev–Trinajstić information content (AvgIpc) is 2.67.